The summed E-state index contributed by atoms with van der Waals surface area (Å²) in [5.41, 5.74) is 8.84. The number of oxazole rings is 1. The number of nitrogens with one attached hydrogen (secondary N) is 1. The average molecular weight is 385 g/mol. The van der Waals surface area contributed by atoms with E-state index in [1.165, 1.54) is 5.56 Å². The Balaban J connectivity index is 1.48. The Morgan fingerprint density at radius 3 is 2.75 bits per heavy atom. The Labute approximate surface area is 164 Å². The molecule has 0 aliphatic carbocycles. The highest BCUT2D eigenvalue weighted by Crippen LogP contribution is 2.19. The molecule has 1 saturated heterocycles. The van der Waals surface area contributed by atoms with Gasteiger partial charge in [-0.05, 0) is 38.8 Å². The number of likely N-dealkylation sites (tertiary alicyclic amines) is 1. The number of hydrogen-bond donors (Lipinski definition) is 2. The first-order valence-electron chi connectivity index (χ1n) is 9.54. The number of hydrogen-bond acceptors (Lipinski definition) is 5. The third-order valence-corrected chi connectivity index (χ3v) is 4.63. The molecule has 1 aliphatic rings. The Morgan fingerprint density at radius 2 is 2.07 bits per heavy atom. The Bertz CT molecular complexity index is 808. The maximum atomic E-state index is 11.7. The van der Waals surface area contributed by atoms with Gasteiger partial charge in [-0.2, -0.15) is 0 Å². The van der Waals surface area contributed by atoms with Gasteiger partial charge in [0.1, 0.15) is 12.0 Å². The molecule has 28 heavy (non-hydrogen) atoms. The van der Waals surface area contributed by atoms with Crippen LogP contribution < -0.4 is 11.1 Å². The van der Waals surface area contributed by atoms with E-state index < -0.39 is 0 Å². The largest absolute Gasteiger partial charge is 0.450 e. The minimum Gasteiger partial charge on any atom is -0.450 e. The molecule has 0 radical (unpaired) electrons. The summed E-state index contributed by atoms with van der Waals surface area (Å²) >= 11 is 0. The van der Waals surface area contributed by atoms with E-state index in [1.54, 1.807) is 11.2 Å². The topological polar surface area (TPSA) is 106 Å². The molecular weight excluding hydrogens is 358 g/mol. The fourth-order valence-corrected chi connectivity index (χ4v) is 3.05. The predicted octanol–water partition coefficient (Wildman–Crippen LogP) is 2.68. The van der Waals surface area contributed by atoms with Crippen LogP contribution in [0.15, 0.2) is 39.9 Å². The molecule has 0 saturated carbocycles. The minimum atomic E-state index is -0.252. The van der Waals surface area contributed by atoms with E-state index in [4.69, 9.17) is 14.9 Å². The van der Waals surface area contributed by atoms with Gasteiger partial charge in [0, 0.05) is 24.7 Å². The van der Waals surface area contributed by atoms with Gasteiger partial charge in [0.2, 0.25) is 5.89 Å². The van der Waals surface area contributed by atoms with Gasteiger partial charge in [-0.3, -0.25) is 0 Å². The standard InChI is InChI=1S/C20H27N5O3/c1-3-27-20(26)25-10-8-16(9-11-25)24-19(21)22-12-17-13-28-18(23-17)15-6-4-14(2)5-7-15/h4-7,13,16H,3,8-12H2,1-2H3,(H3,21,22,24). The Morgan fingerprint density at radius 1 is 1.36 bits per heavy atom. The number of nitrogens with zero attached hydrogens (tertiary/aromatic N) is 3. The zero-order chi connectivity index (χ0) is 19.9. The first-order valence-corrected chi connectivity index (χ1v) is 9.54. The number of aromatic nitrogens is 1. The molecule has 1 aromatic carbocycles. The molecule has 0 unspecified atom stereocenters. The predicted molar refractivity (Wildman–Crippen MR) is 107 cm³/mol. The van der Waals surface area contributed by atoms with E-state index in [0.29, 0.717) is 38.1 Å². The minimum absolute atomic E-state index is 0.190. The molecule has 3 N–H and O–H groups in total. The molecule has 1 amide bonds. The van der Waals surface area contributed by atoms with Gasteiger partial charge in [0.25, 0.3) is 0 Å². The second kappa shape index (κ2) is 9.25. The number of rotatable bonds is 5. The van der Waals surface area contributed by atoms with Crippen molar-refractivity contribution in [2.75, 3.05) is 19.7 Å². The zero-order valence-corrected chi connectivity index (χ0v) is 16.4. The summed E-state index contributed by atoms with van der Waals surface area (Å²) in [6.45, 7) is 5.87. The Hall–Kier alpha value is -3.03. The summed E-state index contributed by atoms with van der Waals surface area (Å²) in [6, 6.07) is 8.19. The van der Waals surface area contributed by atoms with Gasteiger partial charge in [-0.1, -0.05) is 17.7 Å². The van der Waals surface area contributed by atoms with Crippen LogP contribution in [0.25, 0.3) is 11.5 Å². The van der Waals surface area contributed by atoms with E-state index in [-0.39, 0.29) is 12.1 Å². The highest BCUT2D eigenvalue weighted by Gasteiger charge is 2.23. The molecule has 0 spiro atoms. The zero-order valence-electron chi connectivity index (χ0n) is 16.4. The summed E-state index contributed by atoms with van der Waals surface area (Å²) in [7, 11) is 0. The molecule has 2 heterocycles. The van der Waals surface area contributed by atoms with E-state index >= 15 is 0 Å². The molecule has 150 valence electrons. The summed E-state index contributed by atoms with van der Waals surface area (Å²) in [4.78, 5) is 22.3. The maximum absolute atomic E-state index is 11.7. The number of carbonyl (C=O) groups is 1. The third kappa shape index (κ3) is 5.25. The maximum Gasteiger partial charge on any atom is 0.409 e. The van der Waals surface area contributed by atoms with Crippen LogP contribution >= 0.6 is 0 Å². The first kappa shape index (κ1) is 19.7. The van der Waals surface area contributed by atoms with Crippen LogP contribution in [0.4, 0.5) is 4.79 Å². The number of carbonyl (C=O) groups excluding carboxylic acids is 1. The second-order valence-electron chi connectivity index (χ2n) is 6.82. The van der Waals surface area contributed by atoms with Gasteiger partial charge in [0.15, 0.2) is 5.96 Å². The van der Waals surface area contributed by atoms with E-state index in [2.05, 4.69) is 15.3 Å². The number of aryl methyl sites for hydroxylation is 1. The smallest absolute Gasteiger partial charge is 0.409 e. The molecular formula is C20H27N5O3. The van der Waals surface area contributed by atoms with Gasteiger partial charge >= 0.3 is 6.09 Å². The lowest BCUT2D eigenvalue weighted by Gasteiger charge is -2.31. The summed E-state index contributed by atoms with van der Waals surface area (Å²) in [5, 5.41) is 3.22. The van der Waals surface area contributed by atoms with Crippen molar-refractivity contribution in [1.29, 1.82) is 0 Å². The monoisotopic (exact) mass is 385 g/mol. The van der Waals surface area contributed by atoms with Crippen LogP contribution in [0.2, 0.25) is 0 Å². The number of guanidine groups is 1. The lowest BCUT2D eigenvalue weighted by atomic mass is 10.1. The van der Waals surface area contributed by atoms with E-state index in [9.17, 15) is 4.79 Å². The first-order chi connectivity index (χ1) is 13.5. The van der Waals surface area contributed by atoms with Crippen LogP contribution in [0.1, 0.15) is 31.0 Å². The fraction of sp³-hybridized carbons (Fsp3) is 0.450. The van der Waals surface area contributed by atoms with Crippen LogP contribution in [-0.4, -0.2) is 47.7 Å². The molecule has 0 bridgehead atoms. The van der Waals surface area contributed by atoms with Crippen molar-refractivity contribution in [1.82, 2.24) is 15.2 Å². The molecule has 1 fully saturated rings. The van der Waals surface area contributed by atoms with Crippen molar-refractivity contribution in [2.45, 2.75) is 39.3 Å². The molecule has 0 atom stereocenters. The van der Waals surface area contributed by atoms with Crippen molar-refractivity contribution in [3.8, 4) is 11.5 Å². The van der Waals surface area contributed by atoms with Gasteiger partial charge in [-0.25, -0.2) is 14.8 Å². The highest BCUT2D eigenvalue weighted by atomic mass is 16.6. The number of nitrogens with two attached hydrogens (primary N) is 1. The van der Waals surface area contributed by atoms with Crippen LogP contribution in [0.5, 0.6) is 0 Å². The van der Waals surface area contributed by atoms with Crippen LogP contribution in [-0.2, 0) is 11.3 Å². The lowest BCUT2D eigenvalue weighted by Crippen LogP contribution is -2.48. The van der Waals surface area contributed by atoms with Gasteiger partial charge < -0.3 is 25.1 Å². The molecule has 3 rings (SSSR count). The average Bonchev–Trinajstić information content (AvgIpc) is 3.17. The summed E-state index contributed by atoms with van der Waals surface area (Å²) in [5.74, 6) is 0.942. The van der Waals surface area contributed by atoms with E-state index in [1.807, 2.05) is 38.1 Å². The number of amides is 1. The molecule has 8 heteroatoms. The summed E-state index contributed by atoms with van der Waals surface area (Å²) < 4.78 is 10.6. The van der Waals surface area contributed by atoms with Crippen LogP contribution in [0.3, 0.4) is 0 Å². The SMILES string of the molecule is CCOC(=O)N1CCC(NC(N)=NCc2coc(-c3ccc(C)cc3)n2)CC1. The quantitative estimate of drug-likeness (QED) is 0.605. The second-order valence-corrected chi connectivity index (χ2v) is 6.82. The number of benzene rings is 1. The number of aliphatic imine (C=N–C) groups is 1. The lowest BCUT2D eigenvalue weighted by molar-refractivity contribution is 0.0963. The molecule has 1 aromatic heterocycles. The Kier molecular flexibility index (Phi) is 6.52. The molecule has 8 nitrogen and oxygen atoms in total. The van der Waals surface area contributed by atoms with Gasteiger partial charge in [0.05, 0.1) is 13.2 Å². The van der Waals surface area contributed by atoms with Crippen molar-refractivity contribution >= 4 is 12.1 Å². The third-order valence-electron chi connectivity index (χ3n) is 4.63. The van der Waals surface area contributed by atoms with Crippen molar-refractivity contribution in [2.24, 2.45) is 10.7 Å². The van der Waals surface area contributed by atoms with Gasteiger partial charge in [-0.15, -0.1) is 0 Å². The van der Waals surface area contributed by atoms with Crippen molar-refractivity contribution in [3.63, 3.8) is 0 Å². The number of ether oxygens (including phenoxy) is 1. The molecule has 2 aromatic rings. The normalized spacial score (nSPS) is 15.5. The highest BCUT2D eigenvalue weighted by molar-refractivity contribution is 5.78. The summed E-state index contributed by atoms with van der Waals surface area (Å²) in [6.07, 6.45) is 2.95. The number of piperidine rings is 1. The van der Waals surface area contributed by atoms with Crippen LogP contribution in [0, 0.1) is 6.92 Å². The fourth-order valence-electron chi connectivity index (χ4n) is 3.05. The van der Waals surface area contributed by atoms with Crippen molar-refractivity contribution in [3.05, 3.63) is 41.8 Å². The van der Waals surface area contributed by atoms with E-state index in [0.717, 1.165) is 24.1 Å². The molecule has 1 aliphatic heterocycles. The van der Waals surface area contributed by atoms with Crippen molar-refractivity contribution < 1.29 is 13.9 Å².